The Morgan fingerprint density at radius 2 is 1.92 bits per heavy atom. The van der Waals surface area contributed by atoms with E-state index in [2.05, 4.69) is 6.92 Å². The summed E-state index contributed by atoms with van der Waals surface area (Å²) >= 11 is 7.89. The van der Waals surface area contributed by atoms with Gasteiger partial charge in [0, 0.05) is 17.3 Å². The molecule has 1 saturated heterocycles. The van der Waals surface area contributed by atoms with Crippen molar-refractivity contribution in [2.75, 3.05) is 18.9 Å². The van der Waals surface area contributed by atoms with Crippen molar-refractivity contribution in [3.8, 4) is 5.75 Å². The van der Waals surface area contributed by atoms with Gasteiger partial charge in [-0.2, -0.15) is 4.31 Å². The average Bonchev–Trinajstić information content (AvgIpc) is 3.13. The maximum atomic E-state index is 13.1. The number of ether oxygens (including phenoxy) is 1. The van der Waals surface area contributed by atoms with Gasteiger partial charge in [-0.15, -0.1) is 11.8 Å². The van der Waals surface area contributed by atoms with E-state index in [0.29, 0.717) is 23.9 Å². The molecule has 0 radical (unpaired) electrons. The van der Waals surface area contributed by atoms with Crippen molar-refractivity contribution in [2.24, 2.45) is 0 Å². The van der Waals surface area contributed by atoms with Crippen LogP contribution in [0.5, 0.6) is 5.75 Å². The highest BCUT2D eigenvalue weighted by atomic mass is 35.5. The van der Waals surface area contributed by atoms with E-state index in [4.69, 9.17) is 16.3 Å². The predicted molar refractivity (Wildman–Crippen MR) is 107 cm³/mol. The van der Waals surface area contributed by atoms with Crippen LogP contribution in [0, 0.1) is 0 Å². The van der Waals surface area contributed by atoms with Gasteiger partial charge in [-0.1, -0.05) is 43.1 Å². The van der Waals surface area contributed by atoms with Crippen LogP contribution in [0.1, 0.15) is 30.7 Å². The van der Waals surface area contributed by atoms with E-state index in [1.165, 1.54) is 4.31 Å². The minimum atomic E-state index is -3.60. The van der Waals surface area contributed by atoms with E-state index in [0.717, 1.165) is 24.2 Å². The monoisotopic (exact) mass is 411 g/mol. The van der Waals surface area contributed by atoms with Crippen LogP contribution in [-0.4, -0.2) is 31.6 Å². The van der Waals surface area contributed by atoms with E-state index in [9.17, 15) is 8.42 Å². The van der Waals surface area contributed by atoms with Crippen LogP contribution >= 0.6 is 23.4 Å². The maximum Gasteiger partial charge on any atom is 0.244 e. The second-order valence-corrected chi connectivity index (χ2v) is 9.52. The highest BCUT2D eigenvalue weighted by Crippen LogP contribution is 2.43. The third-order valence-electron chi connectivity index (χ3n) is 4.22. The first kappa shape index (κ1) is 19.5. The lowest BCUT2D eigenvalue weighted by molar-refractivity contribution is 0.309. The predicted octanol–water partition coefficient (Wildman–Crippen LogP) is 4.96. The standard InChI is InChI=1S/C19H22ClNO3S2/c1-2-3-13-24-15-8-10-16(11-9-15)26(22,23)21-12-14-25-19(21)17-6-4-5-7-18(17)20/h4-11,19H,2-3,12-14H2,1H3/t19-/m0/s1. The first-order valence-corrected chi connectivity index (χ1v) is 11.5. The molecule has 0 saturated carbocycles. The molecule has 0 amide bonds. The Bertz CT molecular complexity index is 840. The first-order chi connectivity index (χ1) is 12.5. The highest BCUT2D eigenvalue weighted by molar-refractivity contribution is 8.01. The van der Waals surface area contributed by atoms with E-state index < -0.39 is 10.0 Å². The first-order valence-electron chi connectivity index (χ1n) is 8.65. The van der Waals surface area contributed by atoms with Gasteiger partial charge in [-0.25, -0.2) is 8.42 Å². The molecule has 4 nitrogen and oxygen atoms in total. The van der Waals surface area contributed by atoms with E-state index in [1.54, 1.807) is 42.1 Å². The molecule has 26 heavy (non-hydrogen) atoms. The quantitative estimate of drug-likeness (QED) is 0.604. The van der Waals surface area contributed by atoms with Gasteiger partial charge in [0.1, 0.15) is 5.75 Å². The Kier molecular flexibility index (Phi) is 6.51. The topological polar surface area (TPSA) is 46.6 Å². The molecule has 1 aliphatic heterocycles. The van der Waals surface area contributed by atoms with Gasteiger partial charge in [0.25, 0.3) is 0 Å². The van der Waals surface area contributed by atoms with Gasteiger partial charge in [-0.3, -0.25) is 0 Å². The molecular formula is C19H22ClNO3S2. The summed E-state index contributed by atoms with van der Waals surface area (Å²) in [4.78, 5) is 0.278. The number of nitrogens with zero attached hydrogens (tertiary/aromatic N) is 1. The van der Waals surface area contributed by atoms with E-state index in [-0.39, 0.29) is 10.3 Å². The Labute approximate surface area is 164 Å². The molecule has 1 atom stereocenters. The lowest BCUT2D eigenvalue weighted by Crippen LogP contribution is -2.30. The number of hydrogen-bond donors (Lipinski definition) is 0. The molecule has 0 unspecified atom stereocenters. The molecule has 7 heteroatoms. The van der Waals surface area contributed by atoms with Crippen LogP contribution in [0.2, 0.25) is 5.02 Å². The molecule has 0 aromatic heterocycles. The molecule has 0 spiro atoms. The fraction of sp³-hybridized carbons (Fsp3) is 0.368. The van der Waals surface area contributed by atoms with Crippen LogP contribution in [-0.2, 0) is 10.0 Å². The molecule has 3 rings (SSSR count). The minimum absolute atomic E-state index is 0.278. The largest absolute Gasteiger partial charge is 0.494 e. The van der Waals surface area contributed by atoms with Crippen LogP contribution in [0.3, 0.4) is 0 Å². The number of thioether (sulfide) groups is 1. The number of sulfonamides is 1. The van der Waals surface area contributed by atoms with Crippen LogP contribution in [0.15, 0.2) is 53.4 Å². The summed E-state index contributed by atoms with van der Waals surface area (Å²) < 4.78 is 33.4. The van der Waals surface area contributed by atoms with Gasteiger partial charge >= 0.3 is 0 Å². The van der Waals surface area contributed by atoms with Gasteiger partial charge in [0.15, 0.2) is 0 Å². The van der Waals surface area contributed by atoms with Gasteiger partial charge in [-0.05, 0) is 42.3 Å². The zero-order valence-electron chi connectivity index (χ0n) is 14.6. The number of rotatable bonds is 7. The molecular weight excluding hydrogens is 390 g/mol. The van der Waals surface area contributed by atoms with Crippen molar-refractivity contribution in [2.45, 2.75) is 30.0 Å². The number of halogens is 1. The van der Waals surface area contributed by atoms with Crippen molar-refractivity contribution in [1.29, 1.82) is 0 Å². The second kappa shape index (κ2) is 8.65. The van der Waals surface area contributed by atoms with Crippen molar-refractivity contribution >= 4 is 33.4 Å². The molecule has 0 aliphatic carbocycles. The minimum Gasteiger partial charge on any atom is -0.494 e. The fourth-order valence-corrected chi connectivity index (χ4v) is 6.37. The third-order valence-corrected chi connectivity index (χ3v) is 7.82. The van der Waals surface area contributed by atoms with E-state index >= 15 is 0 Å². The van der Waals surface area contributed by atoms with Crippen LogP contribution in [0.25, 0.3) is 0 Å². The molecule has 1 heterocycles. The zero-order valence-corrected chi connectivity index (χ0v) is 17.0. The normalized spacial score (nSPS) is 18.2. The molecule has 0 N–H and O–H groups in total. The molecule has 2 aromatic rings. The average molecular weight is 412 g/mol. The Morgan fingerprint density at radius 1 is 1.19 bits per heavy atom. The molecule has 2 aromatic carbocycles. The van der Waals surface area contributed by atoms with Crippen molar-refractivity contribution < 1.29 is 13.2 Å². The smallest absolute Gasteiger partial charge is 0.244 e. The summed E-state index contributed by atoms with van der Waals surface area (Å²) in [7, 11) is -3.60. The summed E-state index contributed by atoms with van der Waals surface area (Å²) in [6.45, 7) is 3.21. The summed E-state index contributed by atoms with van der Waals surface area (Å²) in [5, 5.41) is 0.293. The summed E-state index contributed by atoms with van der Waals surface area (Å²) in [6.07, 6.45) is 2.03. The van der Waals surface area contributed by atoms with Crippen LogP contribution < -0.4 is 4.74 Å². The zero-order chi connectivity index (χ0) is 18.6. The lowest BCUT2D eigenvalue weighted by atomic mass is 10.2. The van der Waals surface area contributed by atoms with Gasteiger partial charge < -0.3 is 4.74 Å². The van der Waals surface area contributed by atoms with Crippen molar-refractivity contribution in [3.63, 3.8) is 0 Å². The molecule has 0 bridgehead atoms. The Balaban J connectivity index is 1.81. The molecule has 1 aliphatic rings. The van der Waals surface area contributed by atoms with Crippen molar-refractivity contribution in [1.82, 2.24) is 4.31 Å². The maximum absolute atomic E-state index is 13.1. The van der Waals surface area contributed by atoms with Crippen LogP contribution in [0.4, 0.5) is 0 Å². The number of benzene rings is 2. The van der Waals surface area contributed by atoms with Gasteiger partial charge in [0.05, 0.1) is 16.9 Å². The highest BCUT2D eigenvalue weighted by Gasteiger charge is 2.37. The summed E-state index contributed by atoms with van der Waals surface area (Å²) in [5.74, 6) is 1.43. The summed E-state index contributed by atoms with van der Waals surface area (Å²) in [6, 6.07) is 14.1. The number of hydrogen-bond acceptors (Lipinski definition) is 4. The van der Waals surface area contributed by atoms with Crippen molar-refractivity contribution in [3.05, 3.63) is 59.1 Å². The second-order valence-electron chi connectivity index (χ2n) is 6.03. The SMILES string of the molecule is CCCCOc1ccc(S(=O)(=O)N2CCS[C@H]2c2ccccc2Cl)cc1. The van der Waals surface area contributed by atoms with E-state index in [1.807, 2.05) is 18.2 Å². The Morgan fingerprint density at radius 3 is 2.62 bits per heavy atom. The van der Waals surface area contributed by atoms with Gasteiger partial charge in [0.2, 0.25) is 10.0 Å². The Hall–Kier alpha value is -1.21. The third kappa shape index (κ3) is 4.19. The molecule has 140 valence electrons. The number of unbranched alkanes of at least 4 members (excludes halogenated alkanes) is 1. The fourth-order valence-electron chi connectivity index (χ4n) is 2.80. The molecule has 1 fully saturated rings. The summed E-state index contributed by atoms with van der Waals surface area (Å²) in [5.41, 5.74) is 0.833. The lowest BCUT2D eigenvalue weighted by Gasteiger charge is -2.24.